The number of nitrogens with one attached hydrogen (secondary N) is 1. The molecule has 0 spiro atoms. The lowest BCUT2D eigenvalue weighted by Crippen LogP contribution is -2.30. The molecule has 3 rings (SSSR count). The summed E-state index contributed by atoms with van der Waals surface area (Å²) in [4.78, 5) is 0. The van der Waals surface area contributed by atoms with Gasteiger partial charge in [-0.2, -0.15) is 0 Å². The SMILES string of the molecule is Clc1ccc2c(c1)C(c1ccccc1)NCC2. The quantitative estimate of drug-likeness (QED) is 0.808. The second-order valence-electron chi connectivity index (χ2n) is 4.39. The Morgan fingerprint density at radius 1 is 1.06 bits per heavy atom. The number of hydrogen-bond donors (Lipinski definition) is 1. The second-order valence-corrected chi connectivity index (χ2v) is 4.83. The van der Waals surface area contributed by atoms with Crippen LogP contribution < -0.4 is 5.32 Å². The summed E-state index contributed by atoms with van der Waals surface area (Å²) in [5.41, 5.74) is 4.02. The van der Waals surface area contributed by atoms with Gasteiger partial charge in [-0.1, -0.05) is 48.0 Å². The Balaban J connectivity index is 2.08. The summed E-state index contributed by atoms with van der Waals surface area (Å²) in [7, 11) is 0. The summed E-state index contributed by atoms with van der Waals surface area (Å²) in [6, 6.07) is 17.0. The molecule has 0 aliphatic carbocycles. The third-order valence-corrected chi connectivity index (χ3v) is 3.53. The van der Waals surface area contributed by atoms with Gasteiger partial charge in [0.25, 0.3) is 0 Å². The monoisotopic (exact) mass is 243 g/mol. The van der Waals surface area contributed by atoms with E-state index in [-0.39, 0.29) is 6.04 Å². The van der Waals surface area contributed by atoms with Crippen LogP contribution in [-0.4, -0.2) is 6.54 Å². The van der Waals surface area contributed by atoms with E-state index in [1.54, 1.807) is 0 Å². The van der Waals surface area contributed by atoms with Crippen LogP contribution in [0.1, 0.15) is 22.7 Å². The van der Waals surface area contributed by atoms with Crippen molar-refractivity contribution < 1.29 is 0 Å². The zero-order chi connectivity index (χ0) is 11.7. The van der Waals surface area contributed by atoms with Crippen molar-refractivity contribution in [2.45, 2.75) is 12.5 Å². The molecule has 0 saturated heterocycles. The maximum atomic E-state index is 6.10. The fourth-order valence-corrected chi connectivity index (χ4v) is 2.65. The number of halogens is 1. The molecular weight excluding hydrogens is 230 g/mol. The largest absolute Gasteiger partial charge is 0.306 e. The van der Waals surface area contributed by atoms with Gasteiger partial charge in [-0.25, -0.2) is 0 Å². The van der Waals surface area contributed by atoms with E-state index in [0.29, 0.717) is 0 Å². The molecule has 0 amide bonds. The molecule has 1 aliphatic rings. The Kier molecular flexibility index (Phi) is 2.87. The van der Waals surface area contributed by atoms with Gasteiger partial charge in [0.15, 0.2) is 0 Å². The standard InChI is InChI=1S/C15H14ClN/c16-13-7-6-11-8-9-17-15(14(11)10-13)12-4-2-1-3-5-12/h1-7,10,15,17H,8-9H2. The van der Waals surface area contributed by atoms with E-state index in [0.717, 1.165) is 18.0 Å². The van der Waals surface area contributed by atoms with Crippen LogP contribution in [0.15, 0.2) is 48.5 Å². The maximum absolute atomic E-state index is 6.10. The molecule has 0 bridgehead atoms. The fraction of sp³-hybridized carbons (Fsp3) is 0.200. The summed E-state index contributed by atoms with van der Waals surface area (Å²) in [6.45, 7) is 1.02. The van der Waals surface area contributed by atoms with Crippen molar-refractivity contribution in [3.05, 3.63) is 70.2 Å². The Labute approximate surface area is 106 Å². The average Bonchev–Trinajstić information content (AvgIpc) is 2.39. The normalized spacial score (nSPS) is 18.8. The van der Waals surface area contributed by atoms with E-state index in [2.05, 4.69) is 41.7 Å². The summed E-state index contributed by atoms with van der Waals surface area (Å²) in [5, 5.41) is 4.37. The number of benzene rings is 2. The topological polar surface area (TPSA) is 12.0 Å². The predicted molar refractivity (Wildman–Crippen MR) is 71.4 cm³/mol. The van der Waals surface area contributed by atoms with Crippen molar-refractivity contribution in [2.75, 3.05) is 6.54 Å². The summed E-state index contributed by atoms with van der Waals surface area (Å²) < 4.78 is 0. The van der Waals surface area contributed by atoms with Crippen LogP contribution in [0.4, 0.5) is 0 Å². The van der Waals surface area contributed by atoms with Crippen LogP contribution in [0, 0.1) is 0 Å². The van der Waals surface area contributed by atoms with Crippen molar-refractivity contribution in [1.82, 2.24) is 5.32 Å². The molecule has 1 heterocycles. The lowest BCUT2D eigenvalue weighted by Gasteiger charge is -2.27. The van der Waals surface area contributed by atoms with Crippen molar-refractivity contribution in [3.8, 4) is 0 Å². The van der Waals surface area contributed by atoms with Crippen LogP contribution in [0.25, 0.3) is 0 Å². The number of fused-ring (bicyclic) bond motifs is 1. The molecule has 2 aromatic carbocycles. The molecule has 1 aliphatic heterocycles. The Morgan fingerprint density at radius 2 is 1.88 bits per heavy atom. The maximum Gasteiger partial charge on any atom is 0.0580 e. The van der Waals surface area contributed by atoms with Crippen LogP contribution >= 0.6 is 11.6 Å². The van der Waals surface area contributed by atoms with Crippen molar-refractivity contribution >= 4 is 11.6 Å². The van der Waals surface area contributed by atoms with Gasteiger partial charge >= 0.3 is 0 Å². The molecule has 2 heteroatoms. The van der Waals surface area contributed by atoms with Gasteiger partial charge in [0, 0.05) is 11.6 Å². The molecule has 0 saturated carbocycles. The van der Waals surface area contributed by atoms with Crippen LogP contribution in [0.5, 0.6) is 0 Å². The molecule has 86 valence electrons. The van der Waals surface area contributed by atoms with Crippen molar-refractivity contribution in [1.29, 1.82) is 0 Å². The van der Waals surface area contributed by atoms with E-state index < -0.39 is 0 Å². The van der Waals surface area contributed by atoms with E-state index in [1.807, 2.05) is 12.1 Å². The molecule has 0 aromatic heterocycles. The molecule has 1 N–H and O–H groups in total. The van der Waals surface area contributed by atoms with Gasteiger partial charge in [0.1, 0.15) is 0 Å². The predicted octanol–water partition coefficient (Wildman–Crippen LogP) is 3.58. The first-order valence-electron chi connectivity index (χ1n) is 5.91. The zero-order valence-corrected chi connectivity index (χ0v) is 10.2. The van der Waals surface area contributed by atoms with Gasteiger partial charge in [0.2, 0.25) is 0 Å². The molecule has 0 radical (unpaired) electrons. The highest BCUT2D eigenvalue weighted by Crippen LogP contribution is 2.30. The Bertz CT molecular complexity index is 522. The second kappa shape index (κ2) is 4.52. The number of rotatable bonds is 1. The smallest absolute Gasteiger partial charge is 0.0580 e. The van der Waals surface area contributed by atoms with Crippen molar-refractivity contribution in [3.63, 3.8) is 0 Å². The van der Waals surface area contributed by atoms with Gasteiger partial charge < -0.3 is 5.32 Å². The van der Waals surface area contributed by atoms with Gasteiger partial charge in [0.05, 0.1) is 6.04 Å². The molecule has 1 nitrogen and oxygen atoms in total. The molecule has 17 heavy (non-hydrogen) atoms. The highest BCUT2D eigenvalue weighted by atomic mass is 35.5. The fourth-order valence-electron chi connectivity index (χ4n) is 2.47. The van der Waals surface area contributed by atoms with Crippen LogP contribution in [-0.2, 0) is 6.42 Å². The van der Waals surface area contributed by atoms with E-state index in [1.165, 1.54) is 16.7 Å². The molecule has 0 fully saturated rings. The first kappa shape index (κ1) is 10.8. The lowest BCUT2D eigenvalue weighted by atomic mass is 9.90. The van der Waals surface area contributed by atoms with Crippen LogP contribution in [0.2, 0.25) is 5.02 Å². The minimum Gasteiger partial charge on any atom is -0.306 e. The highest BCUT2D eigenvalue weighted by Gasteiger charge is 2.20. The van der Waals surface area contributed by atoms with Crippen molar-refractivity contribution in [2.24, 2.45) is 0 Å². The lowest BCUT2D eigenvalue weighted by molar-refractivity contribution is 0.568. The van der Waals surface area contributed by atoms with E-state index in [4.69, 9.17) is 11.6 Å². The highest BCUT2D eigenvalue weighted by molar-refractivity contribution is 6.30. The summed E-state index contributed by atoms with van der Waals surface area (Å²) in [5.74, 6) is 0. The minimum absolute atomic E-state index is 0.277. The summed E-state index contributed by atoms with van der Waals surface area (Å²) in [6.07, 6.45) is 1.08. The zero-order valence-electron chi connectivity index (χ0n) is 9.49. The first-order chi connectivity index (χ1) is 8.34. The molecule has 2 aromatic rings. The third-order valence-electron chi connectivity index (χ3n) is 3.29. The van der Waals surface area contributed by atoms with Crippen LogP contribution in [0.3, 0.4) is 0 Å². The molecular formula is C15H14ClN. The molecule has 1 unspecified atom stereocenters. The average molecular weight is 244 g/mol. The van der Waals surface area contributed by atoms with E-state index >= 15 is 0 Å². The molecule has 1 atom stereocenters. The van der Waals surface area contributed by atoms with E-state index in [9.17, 15) is 0 Å². The first-order valence-corrected chi connectivity index (χ1v) is 6.29. The van der Waals surface area contributed by atoms with Gasteiger partial charge in [-0.15, -0.1) is 0 Å². The third kappa shape index (κ3) is 2.08. The Hall–Kier alpha value is -1.31. The summed E-state index contributed by atoms with van der Waals surface area (Å²) >= 11 is 6.10. The minimum atomic E-state index is 0.277. The number of hydrogen-bond acceptors (Lipinski definition) is 1. The Morgan fingerprint density at radius 3 is 2.71 bits per heavy atom. The van der Waals surface area contributed by atoms with Gasteiger partial charge in [-0.05, 0) is 35.2 Å². The van der Waals surface area contributed by atoms with Gasteiger partial charge in [-0.3, -0.25) is 0 Å².